The number of nitrogens with zero attached hydrogens (tertiary/aromatic N) is 1. The van der Waals surface area contributed by atoms with Crippen LogP contribution in [0.3, 0.4) is 0 Å². The normalized spacial score (nSPS) is 23.3. The minimum Gasteiger partial charge on any atom is -0.378 e. The molecule has 6 heteroatoms. The Kier molecular flexibility index (Phi) is 10.0. The highest BCUT2D eigenvalue weighted by molar-refractivity contribution is 5.85. The molecule has 0 aromatic rings. The van der Waals surface area contributed by atoms with E-state index in [4.69, 9.17) is 4.74 Å². The molecule has 1 atom stereocenters. The summed E-state index contributed by atoms with van der Waals surface area (Å²) in [6.07, 6.45) is 6.39. The molecule has 21 heavy (non-hydrogen) atoms. The average molecular weight is 320 g/mol. The fraction of sp³-hybridized carbons (Fsp3) is 0.933. The van der Waals surface area contributed by atoms with E-state index in [2.05, 4.69) is 15.5 Å². The van der Waals surface area contributed by atoms with Gasteiger partial charge in [-0.25, -0.2) is 0 Å². The number of hydrogen-bond donors (Lipinski definition) is 2. The average Bonchev–Trinajstić information content (AvgIpc) is 2.52. The summed E-state index contributed by atoms with van der Waals surface area (Å²) in [4.78, 5) is 14.2. The van der Waals surface area contributed by atoms with Gasteiger partial charge in [-0.2, -0.15) is 0 Å². The summed E-state index contributed by atoms with van der Waals surface area (Å²) in [5.74, 6) is 0.180. The Bertz CT molecular complexity index is 280. The number of carbonyl (C=O) groups excluding carboxylic acids is 1. The molecule has 0 aromatic heterocycles. The van der Waals surface area contributed by atoms with Crippen LogP contribution >= 0.6 is 12.4 Å². The third-order valence-electron chi connectivity index (χ3n) is 4.15. The second kappa shape index (κ2) is 11.2. The van der Waals surface area contributed by atoms with Crippen molar-refractivity contribution in [1.82, 2.24) is 15.5 Å². The van der Waals surface area contributed by atoms with Crippen molar-refractivity contribution in [3.63, 3.8) is 0 Å². The van der Waals surface area contributed by atoms with Gasteiger partial charge in [0.1, 0.15) is 0 Å². The van der Waals surface area contributed by atoms with Gasteiger partial charge < -0.3 is 20.3 Å². The summed E-state index contributed by atoms with van der Waals surface area (Å²) in [6.45, 7) is 7.21. The topological polar surface area (TPSA) is 53.6 Å². The number of amides is 1. The molecule has 2 N–H and O–H groups in total. The Hall–Kier alpha value is -0.360. The lowest BCUT2D eigenvalue weighted by Crippen LogP contribution is -2.44. The molecule has 5 nitrogen and oxygen atoms in total. The van der Waals surface area contributed by atoms with Gasteiger partial charge >= 0.3 is 0 Å². The molecule has 1 unspecified atom stereocenters. The van der Waals surface area contributed by atoms with Crippen molar-refractivity contribution in [2.75, 3.05) is 45.9 Å². The van der Waals surface area contributed by atoms with E-state index in [1.54, 1.807) is 0 Å². The van der Waals surface area contributed by atoms with Gasteiger partial charge in [-0.05, 0) is 38.6 Å². The first-order valence-electron chi connectivity index (χ1n) is 8.16. The molecule has 2 saturated heterocycles. The molecular formula is C15H30ClN3O2. The highest BCUT2D eigenvalue weighted by Gasteiger charge is 2.15. The van der Waals surface area contributed by atoms with Crippen LogP contribution in [0.15, 0.2) is 0 Å². The summed E-state index contributed by atoms with van der Waals surface area (Å²) in [5, 5.41) is 6.37. The molecule has 0 aliphatic carbocycles. The Morgan fingerprint density at radius 1 is 1.29 bits per heavy atom. The van der Waals surface area contributed by atoms with Crippen LogP contribution in [0.25, 0.3) is 0 Å². The van der Waals surface area contributed by atoms with Crippen LogP contribution < -0.4 is 10.6 Å². The minimum absolute atomic E-state index is 0. The van der Waals surface area contributed by atoms with E-state index in [-0.39, 0.29) is 18.3 Å². The zero-order valence-electron chi connectivity index (χ0n) is 12.9. The Balaban J connectivity index is 0.00000220. The van der Waals surface area contributed by atoms with Gasteiger partial charge in [0.15, 0.2) is 0 Å². The smallest absolute Gasteiger partial charge is 0.220 e. The maximum atomic E-state index is 11.7. The predicted octanol–water partition coefficient (Wildman–Crippen LogP) is 1.17. The number of ether oxygens (including phenoxy) is 1. The molecule has 0 radical (unpaired) electrons. The van der Waals surface area contributed by atoms with Crippen molar-refractivity contribution in [2.24, 2.45) is 0 Å². The standard InChI is InChI=1S/C15H29N3O2.ClH/c19-15(6-5-14-4-1-2-13-20-14)17-7-3-10-18-11-8-16-9-12-18;/h14,16H,1-13H2,(H,17,19);1H. The summed E-state index contributed by atoms with van der Waals surface area (Å²) in [7, 11) is 0. The number of rotatable bonds is 7. The van der Waals surface area contributed by atoms with Gasteiger partial charge in [0.2, 0.25) is 5.91 Å². The molecule has 0 spiro atoms. The van der Waals surface area contributed by atoms with Crippen LogP contribution in [-0.4, -0.2) is 62.8 Å². The number of hydrogen-bond acceptors (Lipinski definition) is 4. The van der Waals surface area contributed by atoms with Crippen molar-refractivity contribution < 1.29 is 9.53 Å². The van der Waals surface area contributed by atoms with Crippen LogP contribution in [-0.2, 0) is 9.53 Å². The van der Waals surface area contributed by atoms with E-state index in [0.717, 1.165) is 65.1 Å². The van der Waals surface area contributed by atoms with Crippen LogP contribution in [0.4, 0.5) is 0 Å². The van der Waals surface area contributed by atoms with Gasteiger partial charge in [-0.15, -0.1) is 12.4 Å². The minimum atomic E-state index is 0. The predicted molar refractivity (Wildman–Crippen MR) is 87.0 cm³/mol. The molecule has 2 rings (SSSR count). The zero-order chi connectivity index (χ0) is 14.0. The van der Waals surface area contributed by atoms with E-state index in [1.165, 1.54) is 12.8 Å². The van der Waals surface area contributed by atoms with E-state index >= 15 is 0 Å². The molecule has 2 aliphatic heterocycles. The second-order valence-electron chi connectivity index (χ2n) is 5.82. The third kappa shape index (κ3) is 8.00. The summed E-state index contributed by atoms with van der Waals surface area (Å²) in [5.41, 5.74) is 0. The fourth-order valence-electron chi connectivity index (χ4n) is 2.88. The largest absolute Gasteiger partial charge is 0.378 e. The first-order chi connectivity index (χ1) is 9.84. The maximum Gasteiger partial charge on any atom is 0.220 e. The van der Waals surface area contributed by atoms with Crippen molar-refractivity contribution in [2.45, 2.75) is 44.6 Å². The lowest BCUT2D eigenvalue weighted by Gasteiger charge is -2.27. The van der Waals surface area contributed by atoms with E-state index < -0.39 is 0 Å². The quantitative estimate of drug-likeness (QED) is 0.692. The van der Waals surface area contributed by atoms with E-state index in [9.17, 15) is 4.79 Å². The molecule has 0 saturated carbocycles. The van der Waals surface area contributed by atoms with Gasteiger partial charge in [-0.1, -0.05) is 0 Å². The number of nitrogens with one attached hydrogen (secondary N) is 2. The maximum absolute atomic E-state index is 11.7. The van der Waals surface area contributed by atoms with Crippen molar-refractivity contribution >= 4 is 18.3 Å². The first-order valence-corrected chi connectivity index (χ1v) is 8.16. The van der Waals surface area contributed by atoms with Crippen LogP contribution in [0.5, 0.6) is 0 Å². The number of carbonyl (C=O) groups is 1. The van der Waals surface area contributed by atoms with Gasteiger partial charge in [-0.3, -0.25) is 4.79 Å². The third-order valence-corrected chi connectivity index (χ3v) is 4.15. The lowest BCUT2D eigenvalue weighted by molar-refractivity contribution is -0.122. The van der Waals surface area contributed by atoms with Crippen LogP contribution in [0.1, 0.15) is 38.5 Å². The SMILES string of the molecule is Cl.O=C(CCC1CCCCO1)NCCCN1CCNCC1. The molecule has 0 aromatic carbocycles. The molecule has 1 amide bonds. The van der Waals surface area contributed by atoms with E-state index in [0.29, 0.717) is 12.5 Å². The summed E-state index contributed by atoms with van der Waals surface area (Å²) >= 11 is 0. The molecule has 124 valence electrons. The molecule has 2 fully saturated rings. The van der Waals surface area contributed by atoms with Gasteiger partial charge in [0.25, 0.3) is 0 Å². The Labute approximate surface area is 134 Å². The molecule has 0 bridgehead atoms. The van der Waals surface area contributed by atoms with Crippen LogP contribution in [0, 0.1) is 0 Å². The summed E-state index contributed by atoms with van der Waals surface area (Å²) < 4.78 is 5.64. The monoisotopic (exact) mass is 319 g/mol. The molecule has 2 aliphatic rings. The van der Waals surface area contributed by atoms with Crippen molar-refractivity contribution in [3.8, 4) is 0 Å². The molecular weight excluding hydrogens is 290 g/mol. The van der Waals surface area contributed by atoms with Gasteiger partial charge in [0, 0.05) is 45.8 Å². The van der Waals surface area contributed by atoms with Crippen LogP contribution in [0.2, 0.25) is 0 Å². The Morgan fingerprint density at radius 2 is 2.10 bits per heavy atom. The van der Waals surface area contributed by atoms with Crippen molar-refractivity contribution in [3.05, 3.63) is 0 Å². The van der Waals surface area contributed by atoms with Gasteiger partial charge in [0.05, 0.1) is 6.10 Å². The fourth-order valence-corrected chi connectivity index (χ4v) is 2.88. The number of piperazine rings is 1. The first kappa shape index (κ1) is 18.7. The Morgan fingerprint density at radius 3 is 2.81 bits per heavy atom. The zero-order valence-corrected chi connectivity index (χ0v) is 13.8. The highest BCUT2D eigenvalue weighted by Crippen LogP contribution is 2.16. The highest BCUT2D eigenvalue weighted by atomic mass is 35.5. The molecule has 2 heterocycles. The lowest BCUT2D eigenvalue weighted by atomic mass is 10.0. The second-order valence-corrected chi connectivity index (χ2v) is 5.82. The van der Waals surface area contributed by atoms with E-state index in [1.807, 2.05) is 0 Å². The summed E-state index contributed by atoms with van der Waals surface area (Å²) in [6, 6.07) is 0. The van der Waals surface area contributed by atoms with Crippen molar-refractivity contribution in [1.29, 1.82) is 0 Å². The number of halogens is 1.